The molecule has 0 aliphatic carbocycles. The fraction of sp³-hybridized carbons (Fsp3) is 0.538. The molecule has 0 saturated carbocycles. The van der Waals surface area contributed by atoms with Crippen LogP contribution in [0.3, 0.4) is 0 Å². The van der Waals surface area contributed by atoms with Crippen LogP contribution in [0.1, 0.15) is 38.7 Å². The molecule has 1 aromatic carbocycles. The molecular weight excluding hydrogens is 188 g/mol. The molecule has 0 fully saturated rings. The third-order valence-corrected chi connectivity index (χ3v) is 2.39. The van der Waals surface area contributed by atoms with Crippen molar-refractivity contribution in [3.05, 3.63) is 35.9 Å². The van der Waals surface area contributed by atoms with E-state index in [4.69, 9.17) is 4.74 Å². The van der Waals surface area contributed by atoms with E-state index >= 15 is 0 Å². The van der Waals surface area contributed by atoms with Crippen molar-refractivity contribution >= 4 is 0 Å². The minimum Gasteiger partial charge on any atom is -0.366 e. The first-order valence-corrected chi connectivity index (χ1v) is 5.54. The molecule has 1 atom stereocenters. The Morgan fingerprint density at radius 1 is 1.27 bits per heavy atom. The van der Waals surface area contributed by atoms with Gasteiger partial charge in [0.1, 0.15) is 0 Å². The summed E-state index contributed by atoms with van der Waals surface area (Å²) in [4.78, 5) is 0. The highest BCUT2D eigenvalue weighted by molar-refractivity contribution is 5.13. The topological polar surface area (TPSA) is 29.5 Å². The average Bonchev–Trinajstić information content (AvgIpc) is 2.25. The Labute approximate surface area is 91.9 Å². The summed E-state index contributed by atoms with van der Waals surface area (Å²) in [6.07, 6.45) is 2.75. The summed E-state index contributed by atoms with van der Waals surface area (Å²) in [5.41, 5.74) is 1.09. The highest BCUT2D eigenvalue weighted by Gasteiger charge is 2.19. The lowest BCUT2D eigenvalue weighted by molar-refractivity contribution is -0.202. The summed E-state index contributed by atoms with van der Waals surface area (Å²) in [7, 11) is 0. The standard InChI is InChI=1S/C13H20O2/c1-3-4-10-13(2,14)15-11-12-8-6-5-7-9-12/h5-9,14H,3-4,10-11H2,1-2H3. The van der Waals surface area contributed by atoms with E-state index in [9.17, 15) is 5.11 Å². The van der Waals surface area contributed by atoms with Gasteiger partial charge in [0.05, 0.1) is 6.61 Å². The van der Waals surface area contributed by atoms with Gasteiger partial charge in [-0.25, -0.2) is 0 Å². The summed E-state index contributed by atoms with van der Waals surface area (Å²) in [5, 5.41) is 9.88. The second kappa shape index (κ2) is 5.89. The Morgan fingerprint density at radius 3 is 2.53 bits per heavy atom. The van der Waals surface area contributed by atoms with Crippen molar-refractivity contribution in [1.29, 1.82) is 0 Å². The molecule has 2 nitrogen and oxygen atoms in total. The van der Waals surface area contributed by atoms with E-state index in [1.165, 1.54) is 0 Å². The van der Waals surface area contributed by atoms with Gasteiger partial charge in [-0.05, 0) is 18.9 Å². The molecule has 0 aliphatic heterocycles. The molecule has 0 aromatic heterocycles. The summed E-state index contributed by atoms with van der Waals surface area (Å²) in [6, 6.07) is 9.91. The highest BCUT2D eigenvalue weighted by atomic mass is 16.6. The Hall–Kier alpha value is -0.860. The van der Waals surface area contributed by atoms with Gasteiger partial charge in [-0.2, -0.15) is 0 Å². The predicted molar refractivity (Wildman–Crippen MR) is 61.4 cm³/mol. The lowest BCUT2D eigenvalue weighted by atomic mass is 10.1. The molecule has 0 spiro atoms. The van der Waals surface area contributed by atoms with Crippen LogP contribution in [0.25, 0.3) is 0 Å². The van der Waals surface area contributed by atoms with Crippen LogP contribution in [0.4, 0.5) is 0 Å². The lowest BCUT2D eigenvalue weighted by Gasteiger charge is -2.23. The molecule has 0 amide bonds. The minimum absolute atomic E-state index is 0.470. The van der Waals surface area contributed by atoms with Crippen LogP contribution in [0.5, 0.6) is 0 Å². The first-order chi connectivity index (χ1) is 7.14. The molecular formula is C13H20O2. The summed E-state index contributed by atoms with van der Waals surface area (Å²) in [6.45, 7) is 4.30. The first kappa shape index (κ1) is 12.2. The molecule has 1 rings (SSSR count). The molecule has 1 aromatic rings. The Bertz CT molecular complexity index is 267. The normalized spacial score (nSPS) is 14.9. The van der Waals surface area contributed by atoms with Crippen molar-refractivity contribution in [2.75, 3.05) is 0 Å². The van der Waals surface area contributed by atoms with Gasteiger partial charge in [-0.1, -0.05) is 43.7 Å². The smallest absolute Gasteiger partial charge is 0.163 e. The van der Waals surface area contributed by atoms with E-state index < -0.39 is 5.79 Å². The van der Waals surface area contributed by atoms with E-state index in [1.807, 2.05) is 30.3 Å². The Morgan fingerprint density at radius 2 is 1.93 bits per heavy atom. The second-order valence-electron chi connectivity index (χ2n) is 4.05. The third-order valence-electron chi connectivity index (χ3n) is 2.39. The van der Waals surface area contributed by atoms with Crippen molar-refractivity contribution in [3.8, 4) is 0 Å². The van der Waals surface area contributed by atoms with E-state index in [0.29, 0.717) is 13.0 Å². The molecule has 15 heavy (non-hydrogen) atoms. The number of benzene rings is 1. The quantitative estimate of drug-likeness (QED) is 0.728. The van der Waals surface area contributed by atoms with Crippen LogP contribution in [-0.2, 0) is 11.3 Å². The van der Waals surface area contributed by atoms with Crippen molar-refractivity contribution in [1.82, 2.24) is 0 Å². The van der Waals surface area contributed by atoms with Gasteiger partial charge in [0.15, 0.2) is 5.79 Å². The van der Waals surface area contributed by atoms with Gasteiger partial charge in [0, 0.05) is 6.42 Å². The largest absolute Gasteiger partial charge is 0.366 e. The fourth-order valence-electron chi connectivity index (χ4n) is 1.39. The monoisotopic (exact) mass is 208 g/mol. The molecule has 0 radical (unpaired) electrons. The molecule has 0 bridgehead atoms. The van der Waals surface area contributed by atoms with Crippen molar-refractivity contribution in [2.45, 2.75) is 45.5 Å². The van der Waals surface area contributed by atoms with Crippen LogP contribution >= 0.6 is 0 Å². The summed E-state index contributed by atoms with van der Waals surface area (Å²) < 4.78 is 5.47. The Kier molecular flexibility index (Phi) is 4.79. The van der Waals surface area contributed by atoms with Gasteiger partial charge >= 0.3 is 0 Å². The lowest BCUT2D eigenvalue weighted by Crippen LogP contribution is -2.27. The van der Waals surface area contributed by atoms with Crippen LogP contribution in [-0.4, -0.2) is 10.9 Å². The number of aliphatic hydroxyl groups is 1. The minimum atomic E-state index is -0.994. The molecule has 1 unspecified atom stereocenters. The fourth-order valence-corrected chi connectivity index (χ4v) is 1.39. The SMILES string of the molecule is CCCCC(C)(O)OCc1ccccc1. The first-order valence-electron chi connectivity index (χ1n) is 5.54. The van der Waals surface area contributed by atoms with Gasteiger partial charge in [0.2, 0.25) is 0 Å². The maximum atomic E-state index is 9.88. The van der Waals surface area contributed by atoms with Gasteiger partial charge in [0.25, 0.3) is 0 Å². The van der Waals surface area contributed by atoms with Gasteiger partial charge in [-0.15, -0.1) is 0 Å². The van der Waals surface area contributed by atoms with E-state index in [0.717, 1.165) is 18.4 Å². The van der Waals surface area contributed by atoms with Crippen LogP contribution in [0, 0.1) is 0 Å². The van der Waals surface area contributed by atoms with Crippen LogP contribution < -0.4 is 0 Å². The zero-order valence-electron chi connectivity index (χ0n) is 9.57. The molecule has 84 valence electrons. The second-order valence-corrected chi connectivity index (χ2v) is 4.05. The number of unbranched alkanes of at least 4 members (excludes halogenated alkanes) is 1. The number of hydrogen-bond acceptors (Lipinski definition) is 2. The van der Waals surface area contributed by atoms with E-state index in [1.54, 1.807) is 6.92 Å². The molecule has 0 aliphatic rings. The average molecular weight is 208 g/mol. The molecule has 0 heterocycles. The summed E-state index contributed by atoms with van der Waals surface area (Å²) in [5.74, 6) is -0.994. The van der Waals surface area contributed by atoms with Crippen molar-refractivity contribution in [2.24, 2.45) is 0 Å². The number of rotatable bonds is 6. The van der Waals surface area contributed by atoms with Gasteiger partial charge < -0.3 is 9.84 Å². The van der Waals surface area contributed by atoms with Crippen LogP contribution in [0.2, 0.25) is 0 Å². The van der Waals surface area contributed by atoms with E-state index in [2.05, 4.69) is 6.92 Å². The van der Waals surface area contributed by atoms with Crippen molar-refractivity contribution < 1.29 is 9.84 Å². The molecule has 0 saturated heterocycles. The number of hydrogen-bond donors (Lipinski definition) is 1. The number of ether oxygens (including phenoxy) is 1. The maximum Gasteiger partial charge on any atom is 0.163 e. The van der Waals surface area contributed by atoms with Crippen LogP contribution in [0.15, 0.2) is 30.3 Å². The molecule has 2 heteroatoms. The highest BCUT2D eigenvalue weighted by Crippen LogP contribution is 2.17. The zero-order valence-corrected chi connectivity index (χ0v) is 9.57. The molecule has 1 N–H and O–H groups in total. The van der Waals surface area contributed by atoms with Crippen molar-refractivity contribution in [3.63, 3.8) is 0 Å². The maximum absolute atomic E-state index is 9.88. The summed E-state index contributed by atoms with van der Waals surface area (Å²) >= 11 is 0. The predicted octanol–water partition coefficient (Wildman–Crippen LogP) is 3.10. The Balaban J connectivity index is 2.35. The van der Waals surface area contributed by atoms with E-state index in [-0.39, 0.29) is 0 Å². The zero-order chi connectivity index (χ0) is 11.1. The third kappa shape index (κ3) is 4.96. The van der Waals surface area contributed by atoms with Gasteiger partial charge in [-0.3, -0.25) is 0 Å².